The van der Waals surface area contributed by atoms with E-state index in [2.05, 4.69) is 6.92 Å². The van der Waals surface area contributed by atoms with Crippen LogP contribution in [0.1, 0.15) is 72.6 Å². The number of carbonyl (C=O) groups is 2. The van der Waals surface area contributed by atoms with Gasteiger partial charge in [0.15, 0.2) is 0 Å². The van der Waals surface area contributed by atoms with Crippen LogP contribution in [0, 0.1) is 0 Å². The van der Waals surface area contributed by atoms with Gasteiger partial charge in [-0.25, -0.2) is 0 Å². The highest BCUT2D eigenvalue weighted by atomic mass is 16.6. The van der Waals surface area contributed by atoms with Gasteiger partial charge in [-0.1, -0.05) is 32.6 Å². The van der Waals surface area contributed by atoms with Gasteiger partial charge in [0.1, 0.15) is 12.2 Å². The van der Waals surface area contributed by atoms with E-state index in [1.165, 1.54) is 19.3 Å². The van der Waals surface area contributed by atoms with Gasteiger partial charge in [-0.05, 0) is 27.2 Å². The molecule has 0 rings (SSSR count). The fourth-order valence-electron chi connectivity index (χ4n) is 3.35. The Morgan fingerprint density at radius 3 is 1.14 bits per heavy atom. The van der Waals surface area contributed by atoms with Crippen molar-refractivity contribution in [1.82, 2.24) is 0 Å². The molecule has 0 aromatic carbocycles. The minimum absolute atomic E-state index is 0.150. The van der Waals surface area contributed by atoms with Crippen molar-refractivity contribution >= 4 is 11.9 Å². The molecule has 0 amide bonds. The molecule has 0 heterocycles. The Morgan fingerprint density at radius 2 is 0.767 bits per heavy atom. The molecule has 0 radical (unpaired) electrons. The molecule has 256 valence electrons. The molecule has 43 heavy (non-hydrogen) atoms. The number of rotatable bonds is 33. The summed E-state index contributed by atoms with van der Waals surface area (Å²) in [6.45, 7) is 15.3. The molecule has 0 unspecified atom stereocenters. The monoisotopic (exact) mass is 624 g/mol. The zero-order valence-corrected chi connectivity index (χ0v) is 27.4. The average Bonchev–Trinajstić information content (AvgIpc) is 2.95. The topological polar surface area (TPSA) is 126 Å². The van der Waals surface area contributed by atoms with Gasteiger partial charge < -0.3 is 47.4 Å². The first-order valence-electron chi connectivity index (χ1n) is 15.8. The first-order valence-corrected chi connectivity index (χ1v) is 15.8. The zero-order valence-electron chi connectivity index (χ0n) is 27.4. The summed E-state index contributed by atoms with van der Waals surface area (Å²) in [6, 6.07) is 0. The zero-order chi connectivity index (χ0) is 31.7. The molecule has 0 saturated heterocycles. The minimum Gasteiger partial charge on any atom is -0.463 e. The molecule has 0 aliphatic heterocycles. The lowest BCUT2D eigenvalue weighted by atomic mass is 10.1. The van der Waals surface area contributed by atoms with E-state index in [0.29, 0.717) is 112 Å². The van der Waals surface area contributed by atoms with Crippen molar-refractivity contribution in [1.29, 1.82) is 0 Å². The molecule has 0 aromatic rings. The predicted octanol–water partition coefficient (Wildman–Crippen LogP) is 3.75. The maximum atomic E-state index is 11.6. The smallest absolute Gasteiger partial charge is 0.308 e. The fourth-order valence-corrected chi connectivity index (χ4v) is 3.35. The van der Waals surface area contributed by atoms with E-state index >= 15 is 0 Å². The number of hydrogen-bond acceptors (Lipinski definition) is 12. The minimum atomic E-state index is -0.473. The van der Waals surface area contributed by atoms with Crippen molar-refractivity contribution < 1.29 is 57.0 Å². The van der Waals surface area contributed by atoms with E-state index in [9.17, 15) is 9.59 Å². The lowest BCUT2D eigenvalue weighted by Crippen LogP contribution is -2.24. The number of carbonyl (C=O) groups excluding carboxylic acids is 2. The third-order valence-electron chi connectivity index (χ3n) is 5.45. The van der Waals surface area contributed by atoms with E-state index in [0.717, 1.165) is 12.8 Å². The molecule has 0 fully saturated rings. The summed E-state index contributed by atoms with van der Waals surface area (Å²) in [5, 5.41) is 0. The van der Waals surface area contributed by atoms with Crippen LogP contribution in [0.2, 0.25) is 0 Å². The van der Waals surface area contributed by atoms with Crippen molar-refractivity contribution in [3.05, 3.63) is 0 Å². The summed E-state index contributed by atoms with van der Waals surface area (Å²) in [7, 11) is 0. The van der Waals surface area contributed by atoms with Crippen LogP contribution in [-0.4, -0.2) is 130 Å². The number of esters is 2. The molecule has 12 heteroatoms. The normalized spacial score (nSPS) is 11.6. The van der Waals surface area contributed by atoms with Gasteiger partial charge in [-0.2, -0.15) is 0 Å². The summed E-state index contributed by atoms with van der Waals surface area (Å²) in [5.74, 6) is -0.416. The first kappa shape index (κ1) is 41.6. The standard InChI is InChI=1S/C31H60O12/c1-5-6-7-8-9-10-29(32)42-28-27-41-26-25-40-24-23-39-22-21-38-20-19-37-18-17-36-16-15-35-14-13-34-12-11-30(33)43-31(2,3)4/h5-28H2,1-4H3. The molecule has 12 nitrogen and oxygen atoms in total. The van der Waals surface area contributed by atoms with Crippen molar-refractivity contribution in [2.24, 2.45) is 0 Å². The van der Waals surface area contributed by atoms with E-state index in [1.807, 2.05) is 20.8 Å². The van der Waals surface area contributed by atoms with Gasteiger partial charge in [-0.15, -0.1) is 0 Å². The summed E-state index contributed by atoms with van der Waals surface area (Å²) >= 11 is 0. The first-order chi connectivity index (χ1) is 20.8. The van der Waals surface area contributed by atoms with Crippen LogP contribution in [0.3, 0.4) is 0 Å². The maximum absolute atomic E-state index is 11.6. The Balaban J connectivity index is 3.15. The van der Waals surface area contributed by atoms with Crippen LogP contribution in [-0.2, 0) is 57.0 Å². The SMILES string of the molecule is CCCCCCCC(=O)OCCOCCOCCOCCOCCOCCOCCOCCOCCC(=O)OC(C)(C)C. The van der Waals surface area contributed by atoms with Crippen molar-refractivity contribution in [2.75, 3.05) is 112 Å². The van der Waals surface area contributed by atoms with Crippen LogP contribution >= 0.6 is 0 Å². The van der Waals surface area contributed by atoms with Gasteiger partial charge >= 0.3 is 11.9 Å². The van der Waals surface area contributed by atoms with Gasteiger partial charge in [0.05, 0.1) is 112 Å². The van der Waals surface area contributed by atoms with Crippen LogP contribution < -0.4 is 0 Å². The Hall–Kier alpha value is -1.38. The molecule has 0 saturated carbocycles. The maximum Gasteiger partial charge on any atom is 0.308 e. The van der Waals surface area contributed by atoms with Gasteiger partial charge in [0.25, 0.3) is 0 Å². The van der Waals surface area contributed by atoms with Crippen molar-refractivity contribution in [3.63, 3.8) is 0 Å². The predicted molar refractivity (Wildman–Crippen MR) is 161 cm³/mol. The highest BCUT2D eigenvalue weighted by Crippen LogP contribution is 2.08. The van der Waals surface area contributed by atoms with Crippen LogP contribution in [0.15, 0.2) is 0 Å². The summed E-state index contributed by atoms with van der Waals surface area (Å²) in [6.07, 6.45) is 6.29. The largest absolute Gasteiger partial charge is 0.463 e. The van der Waals surface area contributed by atoms with Crippen LogP contribution in [0.25, 0.3) is 0 Å². The molecular formula is C31H60O12. The summed E-state index contributed by atoms with van der Waals surface area (Å²) < 4.78 is 53.8. The Labute approximate surface area is 259 Å². The molecule has 0 spiro atoms. The Morgan fingerprint density at radius 1 is 0.419 bits per heavy atom. The second kappa shape index (κ2) is 32.0. The van der Waals surface area contributed by atoms with E-state index < -0.39 is 5.60 Å². The average molecular weight is 625 g/mol. The number of ether oxygens (including phenoxy) is 10. The molecule has 0 bridgehead atoms. The Kier molecular flexibility index (Phi) is 31.0. The quantitative estimate of drug-likeness (QED) is 0.0780. The van der Waals surface area contributed by atoms with E-state index in [-0.39, 0.29) is 25.0 Å². The second-order valence-electron chi connectivity index (χ2n) is 10.6. The highest BCUT2D eigenvalue weighted by molar-refractivity contribution is 5.70. The third-order valence-corrected chi connectivity index (χ3v) is 5.45. The third kappa shape index (κ3) is 36.7. The highest BCUT2D eigenvalue weighted by Gasteiger charge is 2.15. The summed E-state index contributed by atoms with van der Waals surface area (Å²) in [5.41, 5.74) is -0.473. The molecule has 0 aliphatic carbocycles. The molecule has 0 atom stereocenters. The lowest BCUT2D eigenvalue weighted by molar-refractivity contribution is -0.156. The second-order valence-corrected chi connectivity index (χ2v) is 10.6. The van der Waals surface area contributed by atoms with Gasteiger partial charge in [-0.3, -0.25) is 9.59 Å². The van der Waals surface area contributed by atoms with Crippen molar-refractivity contribution in [2.45, 2.75) is 78.2 Å². The lowest BCUT2D eigenvalue weighted by Gasteiger charge is -2.19. The summed E-state index contributed by atoms with van der Waals surface area (Å²) in [4.78, 5) is 23.1. The van der Waals surface area contributed by atoms with Crippen molar-refractivity contribution in [3.8, 4) is 0 Å². The number of unbranched alkanes of at least 4 members (excludes halogenated alkanes) is 4. The Bertz CT molecular complexity index is 612. The van der Waals surface area contributed by atoms with E-state index in [4.69, 9.17) is 47.4 Å². The molecule has 0 aromatic heterocycles. The molecule has 0 aliphatic rings. The number of hydrogen-bond donors (Lipinski definition) is 0. The van der Waals surface area contributed by atoms with Gasteiger partial charge in [0, 0.05) is 6.42 Å². The molecule has 0 N–H and O–H groups in total. The van der Waals surface area contributed by atoms with Crippen LogP contribution in [0.4, 0.5) is 0 Å². The van der Waals surface area contributed by atoms with Crippen LogP contribution in [0.5, 0.6) is 0 Å². The fraction of sp³-hybridized carbons (Fsp3) is 0.935. The van der Waals surface area contributed by atoms with E-state index in [1.54, 1.807) is 0 Å². The molecular weight excluding hydrogens is 564 g/mol. The van der Waals surface area contributed by atoms with Gasteiger partial charge in [0.2, 0.25) is 0 Å².